The number of rotatable bonds is 13. The molecule has 236 valence electrons. The molecule has 3 aromatic rings. The van der Waals surface area contributed by atoms with Crippen LogP contribution in [0.1, 0.15) is 45.6 Å². The maximum absolute atomic E-state index is 14.9. The molecule has 0 saturated carbocycles. The van der Waals surface area contributed by atoms with Crippen molar-refractivity contribution in [1.82, 2.24) is 4.31 Å². The number of anilines is 2. The van der Waals surface area contributed by atoms with Crippen LogP contribution in [-0.4, -0.2) is 49.6 Å². The number of thioether (sulfide) groups is 1. The molecule has 0 bridgehead atoms. The maximum Gasteiger partial charge on any atom is 0.370 e. The third-order valence-electron chi connectivity index (χ3n) is 7.31. The fraction of sp³-hybridized carbons (Fsp3) is 0.364. The number of benzene rings is 3. The Hall–Kier alpha value is -3.54. The second-order valence-corrected chi connectivity index (χ2v) is 13.7. The van der Waals surface area contributed by atoms with E-state index in [0.717, 1.165) is 24.1 Å². The second-order valence-electron chi connectivity index (χ2n) is 10.2. The Morgan fingerprint density at radius 2 is 1.73 bits per heavy atom. The normalized spacial score (nSPS) is 18.3. The average Bonchev–Trinajstić information content (AvgIpc) is 3.11. The Morgan fingerprint density at radius 3 is 2.36 bits per heavy atom. The molecule has 8 nitrogen and oxygen atoms in total. The van der Waals surface area contributed by atoms with Crippen molar-refractivity contribution < 1.29 is 31.8 Å². The van der Waals surface area contributed by atoms with E-state index in [1.54, 1.807) is 42.2 Å². The molecule has 0 saturated heterocycles. The van der Waals surface area contributed by atoms with Gasteiger partial charge in [-0.1, -0.05) is 57.0 Å². The van der Waals surface area contributed by atoms with Crippen molar-refractivity contribution in [3.8, 4) is 11.5 Å². The van der Waals surface area contributed by atoms with Gasteiger partial charge in [0.15, 0.2) is 0 Å². The van der Waals surface area contributed by atoms with Gasteiger partial charge in [0.05, 0.1) is 30.8 Å². The Kier molecular flexibility index (Phi) is 11.3. The lowest BCUT2D eigenvalue weighted by atomic mass is 10.1. The summed E-state index contributed by atoms with van der Waals surface area (Å²) >= 11 is 1.62. The van der Waals surface area contributed by atoms with Gasteiger partial charge in [-0.05, 0) is 61.1 Å². The number of unbranched alkanes of at least 4 members (excludes halogenated alkanes) is 1. The SMILES string of the molecule is CCCCC1(SCC)CN(c2ccccc2)c2ccc(O/C=C(\F)C(=O)OCC)cc2S(=O)(=O)N1Cc1ccc(OC)cc1. The number of carbonyl (C=O) groups is 1. The molecule has 11 heteroatoms. The molecule has 1 aliphatic rings. The number of hydrogen-bond donors (Lipinski definition) is 0. The van der Waals surface area contributed by atoms with E-state index in [9.17, 15) is 17.6 Å². The van der Waals surface area contributed by atoms with E-state index in [0.29, 0.717) is 36.4 Å². The summed E-state index contributed by atoms with van der Waals surface area (Å²) < 4.78 is 61.2. The first kappa shape index (κ1) is 33.4. The monoisotopic (exact) mass is 642 g/mol. The highest BCUT2D eigenvalue weighted by molar-refractivity contribution is 8.01. The Morgan fingerprint density at radius 1 is 1.02 bits per heavy atom. The minimum absolute atomic E-state index is 0.00604. The van der Waals surface area contributed by atoms with Crippen LogP contribution in [0.2, 0.25) is 0 Å². The summed E-state index contributed by atoms with van der Waals surface area (Å²) in [6, 6.07) is 21.7. The third-order valence-corrected chi connectivity index (χ3v) is 10.7. The highest BCUT2D eigenvalue weighted by Gasteiger charge is 2.49. The standard InChI is InChI=1S/C33H39FN2O6S2/c1-5-8-20-33(43-7-3)24-35(26-12-10-9-11-13-26)30-19-18-28(42-23-29(34)32(37)41-6-2)21-31(30)44(38,39)36(33)22-25-14-16-27(40-4)17-15-25/h9-19,21,23H,5-8,20,22,24H2,1-4H3/b29-23-. The van der Waals surface area contributed by atoms with E-state index in [-0.39, 0.29) is 23.8 Å². The zero-order chi connectivity index (χ0) is 31.7. The van der Waals surface area contributed by atoms with Crippen LogP contribution in [0.25, 0.3) is 0 Å². The lowest BCUT2D eigenvalue weighted by molar-refractivity contribution is -0.140. The van der Waals surface area contributed by atoms with Crippen molar-refractivity contribution in [3.63, 3.8) is 0 Å². The van der Waals surface area contributed by atoms with Gasteiger partial charge in [0.2, 0.25) is 15.9 Å². The van der Waals surface area contributed by atoms with Gasteiger partial charge in [0.25, 0.3) is 0 Å². The first-order chi connectivity index (χ1) is 21.2. The predicted molar refractivity (Wildman–Crippen MR) is 172 cm³/mol. The molecular weight excluding hydrogens is 604 g/mol. The Bertz CT molecular complexity index is 1550. The van der Waals surface area contributed by atoms with Crippen LogP contribution in [0.5, 0.6) is 11.5 Å². The lowest BCUT2D eigenvalue weighted by Gasteiger charge is -2.43. The fourth-order valence-electron chi connectivity index (χ4n) is 5.19. The minimum Gasteiger partial charge on any atom is -0.497 e. The van der Waals surface area contributed by atoms with Crippen molar-refractivity contribution in [3.05, 3.63) is 90.4 Å². The zero-order valence-electron chi connectivity index (χ0n) is 25.5. The molecule has 1 aliphatic heterocycles. The van der Waals surface area contributed by atoms with Crippen LogP contribution < -0.4 is 14.4 Å². The van der Waals surface area contributed by atoms with Gasteiger partial charge in [0.1, 0.15) is 22.7 Å². The summed E-state index contributed by atoms with van der Waals surface area (Å²) in [6.07, 6.45) is 2.99. The van der Waals surface area contributed by atoms with Crippen LogP contribution >= 0.6 is 11.8 Å². The van der Waals surface area contributed by atoms with Gasteiger partial charge in [-0.15, -0.1) is 11.8 Å². The van der Waals surface area contributed by atoms with Gasteiger partial charge in [-0.25, -0.2) is 13.2 Å². The zero-order valence-corrected chi connectivity index (χ0v) is 27.1. The number of hydrogen-bond acceptors (Lipinski definition) is 8. The van der Waals surface area contributed by atoms with E-state index < -0.39 is 26.7 Å². The van der Waals surface area contributed by atoms with E-state index in [2.05, 4.69) is 11.7 Å². The number of methoxy groups -OCH3 is 1. The summed E-state index contributed by atoms with van der Waals surface area (Å²) in [6.45, 7) is 6.24. The van der Waals surface area contributed by atoms with E-state index in [4.69, 9.17) is 9.47 Å². The number of ether oxygens (including phenoxy) is 3. The molecule has 0 aromatic heterocycles. The van der Waals surface area contributed by atoms with E-state index >= 15 is 0 Å². The fourth-order valence-corrected chi connectivity index (χ4v) is 8.75. The number of esters is 1. The first-order valence-corrected chi connectivity index (χ1v) is 17.1. The topological polar surface area (TPSA) is 85.4 Å². The smallest absolute Gasteiger partial charge is 0.370 e. The van der Waals surface area contributed by atoms with Crippen molar-refractivity contribution >= 4 is 39.1 Å². The number of sulfonamides is 1. The van der Waals surface area contributed by atoms with Crippen molar-refractivity contribution in [2.24, 2.45) is 0 Å². The third kappa shape index (κ3) is 7.39. The van der Waals surface area contributed by atoms with Gasteiger partial charge in [0, 0.05) is 18.3 Å². The molecule has 4 rings (SSSR count). The molecule has 0 aliphatic carbocycles. The molecule has 0 fully saturated rings. The summed E-state index contributed by atoms with van der Waals surface area (Å²) in [7, 11) is -2.58. The van der Waals surface area contributed by atoms with E-state index in [1.807, 2.05) is 66.4 Å². The summed E-state index contributed by atoms with van der Waals surface area (Å²) in [4.78, 5) is 13.0. The molecule has 1 heterocycles. The molecule has 3 aromatic carbocycles. The van der Waals surface area contributed by atoms with Crippen LogP contribution in [0, 0.1) is 0 Å². The van der Waals surface area contributed by atoms with Gasteiger partial charge < -0.3 is 19.1 Å². The van der Waals surface area contributed by atoms with Gasteiger partial charge in [-0.2, -0.15) is 8.70 Å². The van der Waals surface area contributed by atoms with Crippen LogP contribution in [0.15, 0.2) is 89.8 Å². The van der Waals surface area contributed by atoms with Crippen molar-refractivity contribution in [2.75, 3.05) is 30.9 Å². The van der Waals surface area contributed by atoms with Crippen LogP contribution in [0.3, 0.4) is 0 Å². The van der Waals surface area contributed by atoms with Crippen LogP contribution in [-0.2, 0) is 26.1 Å². The summed E-state index contributed by atoms with van der Waals surface area (Å²) in [5.74, 6) is -0.946. The largest absolute Gasteiger partial charge is 0.497 e. The highest BCUT2D eigenvalue weighted by atomic mass is 32.2. The quantitative estimate of drug-likeness (QED) is 0.108. The molecule has 0 amide bonds. The number of para-hydroxylation sites is 1. The molecule has 1 unspecified atom stereocenters. The number of halogens is 1. The highest BCUT2D eigenvalue weighted by Crippen LogP contribution is 2.48. The Balaban J connectivity index is 1.91. The second kappa shape index (κ2) is 15.0. The summed E-state index contributed by atoms with van der Waals surface area (Å²) in [5.41, 5.74) is 2.14. The predicted octanol–water partition coefficient (Wildman–Crippen LogP) is 7.43. The molecule has 0 radical (unpaired) electrons. The van der Waals surface area contributed by atoms with Crippen molar-refractivity contribution in [2.45, 2.75) is 56.3 Å². The van der Waals surface area contributed by atoms with E-state index in [1.165, 1.54) is 6.07 Å². The molecule has 0 N–H and O–H groups in total. The number of carbonyl (C=O) groups excluding carboxylic acids is 1. The minimum atomic E-state index is -4.17. The van der Waals surface area contributed by atoms with Gasteiger partial charge in [-0.3, -0.25) is 0 Å². The Labute approximate surface area is 263 Å². The van der Waals surface area contributed by atoms with Crippen molar-refractivity contribution in [1.29, 1.82) is 0 Å². The first-order valence-electron chi connectivity index (χ1n) is 14.6. The lowest BCUT2D eigenvalue weighted by Crippen LogP contribution is -2.53. The molecular formula is C33H39FN2O6S2. The van der Waals surface area contributed by atoms with Crippen LogP contribution in [0.4, 0.5) is 15.8 Å². The molecule has 44 heavy (non-hydrogen) atoms. The molecule has 1 atom stereocenters. The summed E-state index contributed by atoms with van der Waals surface area (Å²) in [5, 5.41) is 0. The average molecular weight is 643 g/mol. The molecule has 0 spiro atoms. The number of fused-ring (bicyclic) bond motifs is 1. The maximum atomic E-state index is 14.9. The number of nitrogens with zero attached hydrogens (tertiary/aromatic N) is 2. The van der Waals surface area contributed by atoms with Gasteiger partial charge >= 0.3 is 5.97 Å².